The number of hydrogen-bond donors (Lipinski definition) is 3. The third kappa shape index (κ3) is 3.39. The lowest BCUT2D eigenvalue weighted by atomic mass is 10.1. The maximum atomic E-state index is 12.3. The van der Waals surface area contributed by atoms with Crippen molar-refractivity contribution in [2.45, 2.75) is 6.42 Å². The van der Waals surface area contributed by atoms with E-state index >= 15 is 0 Å². The van der Waals surface area contributed by atoms with Crippen LogP contribution >= 0.6 is 0 Å². The van der Waals surface area contributed by atoms with Crippen molar-refractivity contribution >= 4 is 29.5 Å². The Morgan fingerprint density at radius 2 is 1.83 bits per heavy atom. The lowest BCUT2D eigenvalue weighted by molar-refractivity contribution is -0.136. The van der Waals surface area contributed by atoms with E-state index in [1.807, 2.05) is 24.3 Å². The van der Waals surface area contributed by atoms with E-state index in [1.54, 1.807) is 18.3 Å². The molecule has 0 fully saturated rings. The SMILES string of the molecule is O=C(O)Cc1ccc(-n2c(O)c(C=C3C=Nc4ccccc43)c(=O)[nH]c2=O)cc1. The molecule has 3 N–H and O–H groups in total. The zero-order valence-electron chi connectivity index (χ0n) is 15.0. The molecule has 3 aromatic rings. The molecule has 1 aromatic heterocycles. The number of fused-ring (bicyclic) bond motifs is 1. The van der Waals surface area contributed by atoms with Crippen LogP contribution in [0.5, 0.6) is 5.88 Å². The van der Waals surface area contributed by atoms with Gasteiger partial charge in [-0.25, -0.2) is 9.36 Å². The summed E-state index contributed by atoms with van der Waals surface area (Å²) in [6.07, 6.45) is 2.89. The third-order valence-corrected chi connectivity index (χ3v) is 4.53. The van der Waals surface area contributed by atoms with Gasteiger partial charge in [0.1, 0.15) is 5.56 Å². The van der Waals surface area contributed by atoms with Gasteiger partial charge < -0.3 is 10.2 Å². The van der Waals surface area contributed by atoms with E-state index in [4.69, 9.17) is 5.11 Å². The Hall–Kier alpha value is -4.20. The highest BCUT2D eigenvalue weighted by atomic mass is 16.4. The largest absolute Gasteiger partial charge is 0.494 e. The van der Waals surface area contributed by atoms with Gasteiger partial charge in [0.15, 0.2) is 0 Å². The van der Waals surface area contributed by atoms with Crippen molar-refractivity contribution in [3.63, 3.8) is 0 Å². The van der Waals surface area contributed by atoms with Crippen LogP contribution in [0.15, 0.2) is 63.1 Å². The van der Waals surface area contributed by atoms with Crippen LogP contribution < -0.4 is 11.2 Å². The fraction of sp³-hybridized carbons (Fsp3) is 0.0476. The summed E-state index contributed by atoms with van der Waals surface area (Å²) in [4.78, 5) is 41.9. The Kier molecular flexibility index (Phi) is 4.44. The summed E-state index contributed by atoms with van der Waals surface area (Å²) in [7, 11) is 0. The van der Waals surface area contributed by atoms with Crippen LogP contribution in [0.4, 0.5) is 5.69 Å². The predicted octanol–water partition coefficient (Wildman–Crippen LogP) is 2.11. The number of nitrogens with zero attached hydrogens (tertiary/aromatic N) is 2. The highest BCUT2D eigenvalue weighted by Gasteiger charge is 2.17. The van der Waals surface area contributed by atoms with Gasteiger partial charge in [0.25, 0.3) is 5.56 Å². The number of carboxylic acid groups (broad SMARTS) is 1. The van der Waals surface area contributed by atoms with Gasteiger partial charge in [0.05, 0.1) is 17.8 Å². The number of nitrogens with one attached hydrogen (secondary N) is 1. The second kappa shape index (κ2) is 7.08. The minimum absolute atomic E-state index is 0.0858. The number of benzene rings is 2. The number of aromatic nitrogens is 2. The molecule has 1 aliphatic heterocycles. The Balaban J connectivity index is 1.82. The smallest absolute Gasteiger partial charge is 0.335 e. The van der Waals surface area contributed by atoms with E-state index in [0.29, 0.717) is 11.1 Å². The minimum Gasteiger partial charge on any atom is -0.494 e. The summed E-state index contributed by atoms with van der Waals surface area (Å²) < 4.78 is 0.955. The van der Waals surface area contributed by atoms with Crippen molar-refractivity contribution < 1.29 is 15.0 Å². The zero-order valence-corrected chi connectivity index (χ0v) is 15.0. The van der Waals surface area contributed by atoms with Gasteiger partial charge in [-0.05, 0) is 29.8 Å². The first-order chi connectivity index (χ1) is 13.9. The van der Waals surface area contributed by atoms with Gasteiger partial charge in [-0.15, -0.1) is 0 Å². The number of aromatic amines is 1. The van der Waals surface area contributed by atoms with Gasteiger partial charge in [0.2, 0.25) is 5.88 Å². The van der Waals surface area contributed by atoms with Gasteiger partial charge >= 0.3 is 11.7 Å². The lowest BCUT2D eigenvalue weighted by Gasteiger charge is -2.11. The molecule has 0 atom stereocenters. The molecule has 0 aliphatic carbocycles. The zero-order chi connectivity index (χ0) is 20.5. The second-order valence-corrected chi connectivity index (χ2v) is 6.44. The molecular formula is C21H15N3O5. The Morgan fingerprint density at radius 1 is 1.10 bits per heavy atom. The third-order valence-electron chi connectivity index (χ3n) is 4.53. The Morgan fingerprint density at radius 3 is 2.55 bits per heavy atom. The average Bonchev–Trinajstić information content (AvgIpc) is 3.09. The highest BCUT2D eigenvalue weighted by molar-refractivity contribution is 6.21. The molecule has 0 saturated carbocycles. The van der Waals surface area contributed by atoms with Crippen LogP contribution in [-0.4, -0.2) is 31.9 Å². The van der Waals surface area contributed by atoms with Gasteiger partial charge in [0, 0.05) is 17.4 Å². The highest BCUT2D eigenvalue weighted by Crippen LogP contribution is 2.32. The summed E-state index contributed by atoms with van der Waals surface area (Å²) >= 11 is 0. The van der Waals surface area contributed by atoms with Gasteiger partial charge in [-0.1, -0.05) is 30.3 Å². The van der Waals surface area contributed by atoms with Crippen LogP contribution in [0.25, 0.3) is 17.3 Å². The van der Waals surface area contributed by atoms with Crippen molar-refractivity contribution in [1.29, 1.82) is 0 Å². The Bertz CT molecular complexity index is 1300. The molecule has 0 radical (unpaired) electrons. The molecule has 0 spiro atoms. The van der Waals surface area contributed by atoms with Crippen LogP contribution in [0.1, 0.15) is 16.7 Å². The molecule has 2 heterocycles. The normalized spacial score (nSPS) is 13.6. The predicted molar refractivity (Wildman–Crippen MR) is 108 cm³/mol. The molecule has 29 heavy (non-hydrogen) atoms. The Labute approximate surface area is 163 Å². The molecule has 1 aliphatic rings. The number of aliphatic carboxylic acids is 1. The van der Waals surface area contributed by atoms with Gasteiger partial charge in [-0.3, -0.25) is 19.6 Å². The van der Waals surface area contributed by atoms with Crippen LogP contribution in [0, 0.1) is 0 Å². The fourth-order valence-corrected chi connectivity index (χ4v) is 3.16. The number of aromatic hydroxyl groups is 1. The molecule has 2 aromatic carbocycles. The number of hydrogen-bond acceptors (Lipinski definition) is 5. The molecular weight excluding hydrogens is 374 g/mol. The van der Waals surface area contributed by atoms with E-state index in [0.717, 1.165) is 15.8 Å². The molecule has 0 bridgehead atoms. The van der Waals surface area contributed by atoms with Crippen molar-refractivity contribution in [2.75, 3.05) is 0 Å². The topological polar surface area (TPSA) is 125 Å². The van der Waals surface area contributed by atoms with Crippen LogP contribution in [0.3, 0.4) is 0 Å². The molecule has 144 valence electrons. The summed E-state index contributed by atoms with van der Waals surface area (Å²) in [5.74, 6) is -1.50. The lowest BCUT2D eigenvalue weighted by Crippen LogP contribution is -2.30. The summed E-state index contributed by atoms with van der Waals surface area (Å²) in [5.41, 5.74) is 1.40. The monoisotopic (exact) mass is 389 g/mol. The van der Waals surface area contributed by atoms with Crippen molar-refractivity contribution in [3.05, 3.63) is 86.1 Å². The van der Waals surface area contributed by atoms with Crippen molar-refractivity contribution in [3.8, 4) is 11.6 Å². The molecule has 0 amide bonds. The first kappa shape index (κ1) is 18.2. The van der Waals surface area contributed by atoms with Crippen LogP contribution in [-0.2, 0) is 11.2 Å². The van der Waals surface area contributed by atoms with Crippen LogP contribution in [0.2, 0.25) is 0 Å². The number of carbonyl (C=O) groups is 1. The number of para-hydroxylation sites is 1. The molecule has 0 saturated heterocycles. The maximum absolute atomic E-state index is 12.3. The first-order valence-electron chi connectivity index (χ1n) is 8.68. The first-order valence-corrected chi connectivity index (χ1v) is 8.68. The second-order valence-electron chi connectivity index (χ2n) is 6.44. The quantitative estimate of drug-likeness (QED) is 0.630. The molecule has 4 rings (SSSR count). The number of aliphatic imine (C=N–C) groups is 1. The summed E-state index contributed by atoms with van der Waals surface area (Å²) in [6, 6.07) is 13.4. The standard InChI is InChI=1S/C21H15N3O5/c25-18(26)9-12-5-7-14(8-6-12)24-20(28)16(19(27)23-21(24)29)10-13-11-22-17-4-2-1-3-15(13)17/h1-8,10-11,28H,9H2,(H,25,26)(H,23,27,29). The van der Waals surface area contributed by atoms with Gasteiger partial charge in [-0.2, -0.15) is 0 Å². The van der Waals surface area contributed by atoms with E-state index in [1.165, 1.54) is 18.2 Å². The fourth-order valence-electron chi connectivity index (χ4n) is 3.16. The number of allylic oxidation sites excluding steroid dienone is 1. The van der Waals surface area contributed by atoms with E-state index in [2.05, 4.69) is 9.98 Å². The number of H-pyrrole nitrogens is 1. The van der Waals surface area contributed by atoms with E-state index < -0.39 is 23.1 Å². The molecule has 0 unspecified atom stereocenters. The van der Waals surface area contributed by atoms with E-state index in [-0.39, 0.29) is 17.7 Å². The molecule has 8 nitrogen and oxygen atoms in total. The number of carboxylic acids is 1. The maximum Gasteiger partial charge on any atom is 0.335 e. The number of rotatable bonds is 4. The average molecular weight is 389 g/mol. The molecule has 8 heteroatoms. The van der Waals surface area contributed by atoms with Crippen molar-refractivity contribution in [1.82, 2.24) is 9.55 Å². The van der Waals surface area contributed by atoms with E-state index in [9.17, 15) is 19.5 Å². The van der Waals surface area contributed by atoms with Crippen molar-refractivity contribution in [2.24, 2.45) is 4.99 Å². The summed E-state index contributed by atoms with van der Waals surface area (Å²) in [5, 5.41) is 19.5. The minimum atomic E-state index is -0.978. The summed E-state index contributed by atoms with van der Waals surface area (Å²) in [6.45, 7) is 0.